The monoisotopic (exact) mass is 151 g/mol. The first-order chi connectivity index (χ1) is 5.17. The van der Waals surface area contributed by atoms with E-state index in [4.69, 9.17) is 4.74 Å². The van der Waals surface area contributed by atoms with Gasteiger partial charge >= 0.3 is 0 Å². The lowest BCUT2D eigenvalue weighted by atomic mass is 10.3. The average Bonchev–Trinajstić information content (AvgIpc) is 2.21. The number of benzene rings is 1. The lowest BCUT2D eigenvalue weighted by molar-refractivity contribution is -0.0833. The van der Waals surface area contributed by atoms with Crippen LogP contribution in [0.2, 0.25) is 0 Å². The molecule has 11 heavy (non-hydrogen) atoms. The largest absolute Gasteiger partial charge is 0.443 e. The van der Waals surface area contributed by atoms with Gasteiger partial charge in [-0.2, -0.15) is 0 Å². The molecule has 2 N–H and O–H groups in total. The molecule has 1 aromatic rings. The van der Waals surface area contributed by atoms with Gasteiger partial charge in [-0.15, -0.1) is 0 Å². The lowest BCUT2D eigenvalue weighted by Crippen LogP contribution is -2.35. The molecule has 1 aliphatic rings. The Morgan fingerprint density at radius 2 is 2.18 bits per heavy atom. The van der Waals surface area contributed by atoms with Crippen LogP contribution in [0.15, 0.2) is 24.3 Å². The van der Waals surface area contributed by atoms with Crippen LogP contribution in [0.3, 0.4) is 0 Å². The minimum atomic E-state index is -1.25. The molecule has 1 aliphatic heterocycles. The van der Waals surface area contributed by atoms with E-state index in [9.17, 15) is 5.11 Å². The first-order valence-electron chi connectivity index (χ1n) is 3.46. The standard InChI is InChI=1S/C8H9NO2/c1-8(10)9-6-4-2-3-5-7(6)11-8/h2-5,9-10H,1H3. The minimum Gasteiger partial charge on any atom is -0.443 e. The van der Waals surface area contributed by atoms with Crippen LogP contribution in [0.1, 0.15) is 6.92 Å². The summed E-state index contributed by atoms with van der Waals surface area (Å²) in [7, 11) is 0. The van der Waals surface area contributed by atoms with Crippen molar-refractivity contribution >= 4 is 5.69 Å². The molecular formula is C8H9NO2. The summed E-state index contributed by atoms with van der Waals surface area (Å²) in [5, 5.41) is 12.2. The number of aliphatic hydroxyl groups is 1. The molecular weight excluding hydrogens is 142 g/mol. The molecule has 0 spiro atoms. The molecule has 0 aliphatic carbocycles. The third-order valence-electron chi connectivity index (χ3n) is 1.56. The van der Waals surface area contributed by atoms with Crippen molar-refractivity contribution in [3.63, 3.8) is 0 Å². The second-order valence-electron chi connectivity index (χ2n) is 2.71. The minimum absolute atomic E-state index is 0.692. The fourth-order valence-corrected chi connectivity index (χ4v) is 1.15. The average molecular weight is 151 g/mol. The highest BCUT2D eigenvalue weighted by molar-refractivity contribution is 5.60. The molecule has 0 aromatic heterocycles. The maximum absolute atomic E-state index is 9.38. The van der Waals surface area contributed by atoms with Gasteiger partial charge in [-0.25, -0.2) is 0 Å². The van der Waals surface area contributed by atoms with E-state index in [0.29, 0.717) is 5.75 Å². The molecule has 1 heterocycles. The number of ether oxygens (including phenoxy) is 1. The van der Waals surface area contributed by atoms with Crippen molar-refractivity contribution in [1.82, 2.24) is 0 Å². The zero-order valence-corrected chi connectivity index (χ0v) is 6.16. The highest BCUT2D eigenvalue weighted by Crippen LogP contribution is 2.34. The van der Waals surface area contributed by atoms with Crippen LogP contribution in [0.25, 0.3) is 0 Å². The molecule has 58 valence electrons. The van der Waals surface area contributed by atoms with Crippen molar-refractivity contribution in [2.45, 2.75) is 12.8 Å². The van der Waals surface area contributed by atoms with Crippen LogP contribution in [-0.2, 0) is 0 Å². The summed E-state index contributed by atoms with van der Waals surface area (Å²) >= 11 is 0. The highest BCUT2D eigenvalue weighted by atomic mass is 16.7. The van der Waals surface area contributed by atoms with Gasteiger partial charge in [0, 0.05) is 6.92 Å². The number of nitrogens with one attached hydrogen (secondary N) is 1. The van der Waals surface area contributed by atoms with Gasteiger partial charge in [0.05, 0.1) is 5.69 Å². The van der Waals surface area contributed by atoms with Crippen LogP contribution in [0.5, 0.6) is 5.75 Å². The van der Waals surface area contributed by atoms with E-state index < -0.39 is 5.91 Å². The normalized spacial score (nSPS) is 27.1. The third-order valence-corrected chi connectivity index (χ3v) is 1.56. The molecule has 0 bridgehead atoms. The Labute approximate surface area is 64.6 Å². The zero-order chi connectivity index (χ0) is 7.90. The van der Waals surface area contributed by atoms with Crippen LogP contribution in [-0.4, -0.2) is 11.0 Å². The van der Waals surface area contributed by atoms with Crippen LogP contribution >= 0.6 is 0 Å². The van der Waals surface area contributed by atoms with Gasteiger partial charge in [-0.3, -0.25) is 0 Å². The Morgan fingerprint density at radius 1 is 1.45 bits per heavy atom. The maximum atomic E-state index is 9.38. The number of hydrogen-bond acceptors (Lipinski definition) is 3. The first-order valence-corrected chi connectivity index (χ1v) is 3.46. The van der Waals surface area contributed by atoms with Gasteiger partial charge in [-0.05, 0) is 12.1 Å². The van der Waals surface area contributed by atoms with Crippen LogP contribution < -0.4 is 10.1 Å². The van der Waals surface area contributed by atoms with E-state index in [1.807, 2.05) is 24.3 Å². The number of rotatable bonds is 0. The third kappa shape index (κ3) is 1.03. The Hall–Kier alpha value is -1.22. The Balaban J connectivity index is 2.41. The van der Waals surface area contributed by atoms with Gasteiger partial charge in [0.2, 0.25) is 0 Å². The van der Waals surface area contributed by atoms with Crippen molar-refractivity contribution in [2.24, 2.45) is 0 Å². The van der Waals surface area contributed by atoms with Crippen molar-refractivity contribution < 1.29 is 9.84 Å². The van der Waals surface area contributed by atoms with Gasteiger partial charge < -0.3 is 15.2 Å². The number of fused-ring (bicyclic) bond motifs is 1. The predicted octanol–water partition coefficient (Wildman–Crippen LogP) is 1.16. The first kappa shape index (κ1) is 6.49. The number of hydrogen-bond donors (Lipinski definition) is 2. The molecule has 0 fully saturated rings. The Bertz CT molecular complexity index is 256. The smallest absolute Gasteiger partial charge is 0.287 e. The van der Waals surface area contributed by atoms with Crippen molar-refractivity contribution in [3.8, 4) is 5.75 Å². The molecule has 1 unspecified atom stereocenters. The molecule has 0 saturated heterocycles. The molecule has 2 rings (SSSR count). The molecule has 1 atom stereocenters. The summed E-state index contributed by atoms with van der Waals surface area (Å²) in [5.74, 6) is -0.554. The number of para-hydroxylation sites is 2. The topological polar surface area (TPSA) is 41.5 Å². The molecule has 0 amide bonds. The summed E-state index contributed by atoms with van der Waals surface area (Å²) in [6.07, 6.45) is 0. The van der Waals surface area contributed by atoms with E-state index in [0.717, 1.165) is 5.69 Å². The van der Waals surface area contributed by atoms with E-state index >= 15 is 0 Å². The summed E-state index contributed by atoms with van der Waals surface area (Å²) < 4.78 is 5.14. The zero-order valence-electron chi connectivity index (χ0n) is 6.16. The van der Waals surface area contributed by atoms with Crippen molar-refractivity contribution in [1.29, 1.82) is 0 Å². The van der Waals surface area contributed by atoms with Crippen molar-refractivity contribution in [2.75, 3.05) is 5.32 Å². The van der Waals surface area contributed by atoms with Crippen LogP contribution in [0.4, 0.5) is 5.69 Å². The van der Waals surface area contributed by atoms with Crippen molar-refractivity contribution in [3.05, 3.63) is 24.3 Å². The van der Waals surface area contributed by atoms with E-state index in [1.54, 1.807) is 6.92 Å². The van der Waals surface area contributed by atoms with Crippen LogP contribution in [0, 0.1) is 0 Å². The number of anilines is 1. The second kappa shape index (κ2) is 1.89. The maximum Gasteiger partial charge on any atom is 0.287 e. The van der Waals surface area contributed by atoms with E-state index in [-0.39, 0.29) is 0 Å². The summed E-state index contributed by atoms with van der Waals surface area (Å²) in [6.45, 7) is 1.56. The summed E-state index contributed by atoms with van der Waals surface area (Å²) in [5.41, 5.74) is 0.831. The molecule has 0 radical (unpaired) electrons. The molecule has 1 aromatic carbocycles. The predicted molar refractivity (Wildman–Crippen MR) is 41.3 cm³/mol. The molecule has 3 heteroatoms. The molecule has 0 saturated carbocycles. The van der Waals surface area contributed by atoms with Gasteiger partial charge in [0.15, 0.2) is 0 Å². The van der Waals surface area contributed by atoms with Gasteiger partial charge in [-0.1, -0.05) is 12.1 Å². The molecule has 3 nitrogen and oxygen atoms in total. The summed E-state index contributed by atoms with van der Waals surface area (Å²) in [4.78, 5) is 0. The fourth-order valence-electron chi connectivity index (χ4n) is 1.15. The van der Waals surface area contributed by atoms with Gasteiger partial charge in [0.1, 0.15) is 5.75 Å². The lowest BCUT2D eigenvalue weighted by Gasteiger charge is -2.15. The second-order valence-corrected chi connectivity index (χ2v) is 2.71. The Morgan fingerprint density at radius 3 is 2.91 bits per heavy atom. The fraction of sp³-hybridized carbons (Fsp3) is 0.250. The quantitative estimate of drug-likeness (QED) is 0.584. The van der Waals surface area contributed by atoms with E-state index in [2.05, 4.69) is 5.32 Å². The van der Waals surface area contributed by atoms with E-state index in [1.165, 1.54) is 0 Å². The highest BCUT2D eigenvalue weighted by Gasteiger charge is 2.30. The SMILES string of the molecule is CC1(O)Nc2ccccc2O1. The van der Waals surface area contributed by atoms with Gasteiger partial charge in [0.25, 0.3) is 5.91 Å². The summed E-state index contributed by atoms with van der Waals surface area (Å²) in [6, 6.07) is 7.42. The Kier molecular flexibility index (Phi) is 1.11.